The smallest absolute Gasteiger partial charge is 0.162 e. The Morgan fingerprint density at radius 3 is 2.85 bits per heavy atom. The summed E-state index contributed by atoms with van der Waals surface area (Å²) in [6, 6.07) is 0. The monoisotopic (exact) mass is 182 g/mol. The van der Waals surface area contributed by atoms with Gasteiger partial charge >= 0.3 is 0 Å². The number of hydrogen-bond acceptors (Lipinski definition) is 5. The van der Waals surface area contributed by atoms with Crippen LogP contribution in [0, 0.1) is 0 Å². The number of ether oxygens (including phenoxy) is 1. The van der Waals surface area contributed by atoms with Crippen LogP contribution in [0.2, 0.25) is 0 Å². The Hall–Kier alpha value is -1.20. The van der Waals surface area contributed by atoms with E-state index >= 15 is 0 Å². The number of methoxy groups -OCH3 is 1. The van der Waals surface area contributed by atoms with Crippen molar-refractivity contribution in [3.63, 3.8) is 0 Å². The normalized spacial score (nSPS) is 12.5. The van der Waals surface area contributed by atoms with E-state index in [1.807, 2.05) is 6.92 Å². The molecule has 0 aliphatic rings. The summed E-state index contributed by atoms with van der Waals surface area (Å²) in [5.41, 5.74) is 3.33. The van der Waals surface area contributed by atoms with E-state index in [-0.39, 0.29) is 5.92 Å². The summed E-state index contributed by atoms with van der Waals surface area (Å²) in [4.78, 5) is 8.23. The van der Waals surface area contributed by atoms with E-state index in [0.717, 1.165) is 5.69 Å². The predicted octanol–water partition coefficient (Wildman–Crippen LogP) is 0.512. The van der Waals surface area contributed by atoms with Gasteiger partial charge in [-0.2, -0.15) is 0 Å². The number of nitrogens with two attached hydrogens (primary N) is 1. The third kappa shape index (κ3) is 2.37. The molecule has 0 amide bonds. The Balaban J connectivity index is 2.85. The maximum Gasteiger partial charge on any atom is 0.162 e. The molecular formula is C8H14N4O. The number of aromatic nitrogens is 2. The molecule has 0 aromatic carbocycles. The van der Waals surface area contributed by atoms with Crippen molar-refractivity contribution in [1.82, 2.24) is 9.97 Å². The van der Waals surface area contributed by atoms with E-state index in [9.17, 15) is 0 Å². The van der Waals surface area contributed by atoms with E-state index in [1.54, 1.807) is 19.5 Å². The highest BCUT2D eigenvalue weighted by molar-refractivity contribution is 5.39. The van der Waals surface area contributed by atoms with E-state index in [4.69, 9.17) is 10.6 Å². The number of nitrogens with one attached hydrogen (secondary N) is 1. The number of nitrogen functional groups attached to an aromatic ring is 1. The third-order valence-corrected chi connectivity index (χ3v) is 1.75. The fourth-order valence-electron chi connectivity index (χ4n) is 1.15. The molecule has 1 unspecified atom stereocenters. The van der Waals surface area contributed by atoms with Crippen molar-refractivity contribution < 1.29 is 4.74 Å². The summed E-state index contributed by atoms with van der Waals surface area (Å²) in [5, 5.41) is 0. The molecule has 0 spiro atoms. The number of nitrogens with zero attached hydrogens (tertiary/aromatic N) is 2. The summed E-state index contributed by atoms with van der Waals surface area (Å²) in [6.45, 7) is 2.61. The van der Waals surface area contributed by atoms with Crippen LogP contribution in [0.4, 0.5) is 5.82 Å². The van der Waals surface area contributed by atoms with E-state index < -0.39 is 0 Å². The van der Waals surface area contributed by atoms with Gasteiger partial charge < -0.3 is 10.2 Å². The molecule has 0 saturated heterocycles. The molecule has 0 radical (unpaired) electrons. The first-order valence-corrected chi connectivity index (χ1v) is 4.06. The molecule has 0 fully saturated rings. The molecule has 1 atom stereocenters. The molecule has 0 bridgehead atoms. The van der Waals surface area contributed by atoms with Gasteiger partial charge in [0.05, 0.1) is 12.3 Å². The summed E-state index contributed by atoms with van der Waals surface area (Å²) < 4.78 is 5.02. The fraction of sp³-hybridized carbons (Fsp3) is 0.500. The van der Waals surface area contributed by atoms with Crippen molar-refractivity contribution in [3.05, 3.63) is 18.1 Å². The summed E-state index contributed by atoms with van der Waals surface area (Å²) in [6.07, 6.45) is 3.24. The second-order valence-corrected chi connectivity index (χ2v) is 2.79. The van der Waals surface area contributed by atoms with Crippen molar-refractivity contribution in [2.75, 3.05) is 19.1 Å². The zero-order valence-corrected chi connectivity index (χ0v) is 7.82. The lowest BCUT2D eigenvalue weighted by atomic mass is 10.1. The minimum absolute atomic E-state index is 0.185. The minimum atomic E-state index is 0.185. The largest absolute Gasteiger partial charge is 0.384 e. The first-order valence-electron chi connectivity index (χ1n) is 4.06. The highest BCUT2D eigenvalue weighted by Gasteiger charge is 2.11. The first kappa shape index (κ1) is 9.88. The third-order valence-electron chi connectivity index (χ3n) is 1.75. The predicted molar refractivity (Wildman–Crippen MR) is 50.1 cm³/mol. The van der Waals surface area contributed by atoms with Crippen molar-refractivity contribution >= 4 is 5.82 Å². The molecule has 1 rings (SSSR count). The van der Waals surface area contributed by atoms with Gasteiger partial charge in [-0.05, 0) is 0 Å². The van der Waals surface area contributed by atoms with Crippen molar-refractivity contribution in [2.45, 2.75) is 12.8 Å². The molecular weight excluding hydrogens is 168 g/mol. The standard InChI is InChI=1S/C8H14N4O/c1-6(5-13-2)7-8(12-9)11-4-3-10-7/h3-4,6H,5,9H2,1-2H3,(H,11,12). The van der Waals surface area contributed by atoms with Crippen LogP contribution in [0.25, 0.3) is 0 Å². The molecule has 1 aromatic heterocycles. The molecule has 1 aromatic rings. The van der Waals surface area contributed by atoms with Crippen LogP contribution in [0.5, 0.6) is 0 Å². The quantitative estimate of drug-likeness (QED) is 0.524. The number of rotatable bonds is 4. The molecule has 13 heavy (non-hydrogen) atoms. The number of anilines is 1. The van der Waals surface area contributed by atoms with Gasteiger partial charge in [0.25, 0.3) is 0 Å². The van der Waals surface area contributed by atoms with Gasteiger partial charge in [0.1, 0.15) is 0 Å². The zero-order valence-electron chi connectivity index (χ0n) is 7.82. The molecule has 1 heterocycles. The van der Waals surface area contributed by atoms with Gasteiger partial charge in [-0.3, -0.25) is 4.98 Å². The maximum atomic E-state index is 5.29. The molecule has 0 saturated carbocycles. The minimum Gasteiger partial charge on any atom is -0.384 e. The Morgan fingerprint density at radius 1 is 1.54 bits per heavy atom. The summed E-state index contributed by atoms with van der Waals surface area (Å²) >= 11 is 0. The van der Waals surface area contributed by atoms with Gasteiger partial charge in [-0.1, -0.05) is 6.92 Å². The van der Waals surface area contributed by atoms with Crippen LogP contribution >= 0.6 is 0 Å². The molecule has 3 N–H and O–H groups in total. The number of hydrogen-bond donors (Lipinski definition) is 2. The van der Waals surface area contributed by atoms with Crippen molar-refractivity contribution in [1.29, 1.82) is 0 Å². The second-order valence-electron chi connectivity index (χ2n) is 2.79. The number of hydrazine groups is 1. The highest BCUT2D eigenvalue weighted by atomic mass is 16.5. The summed E-state index contributed by atoms with van der Waals surface area (Å²) in [7, 11) is 1.66. The lowest BCUT2D eigenvalue weighted by Gasteiger charge is -2.12. The highest BCUT2D eigenvalue weighted by Crippen LogP contribution is 2.18. The lowest BCUT2D eigenvalue weighted by molar-refractivity contribution is 0.183. The van der Waals surface area contributed by atoms with E-state index in [0.29, 0.717) is 12.4 Å². The topological polar surface area (TPSA) is 73.1 Å². The van der Waals surface area contributed by atoms with Crippen LogP contribution in [-0.2, 0) is 4.74 Å². The molecule has 5 heteroatoms. The molecule has 5 nitrogen and oxygen atoms in total. The van der Waals surface area contributed by atoms with Gasteiger partial charge in [0.2, 0.25) is 0 Å². The molecule has 0 aliphatic heterocycles. The Kier molecular flexibility index (Phi) is 3.60. The van der Waals surface area contributed by atoms with Crippen LogP contribution in [0.1, 0.15) is 18.5 Å². The van der Waals surface area contributed by atoms with Gasteiger partial charge in [-0.15, -0.1) is 0 Å². The molecule has 72 valence electrons. The maximum absolute atomic E-state index is 5.29. The SMILES string of the molecule is COCC(C)c1nccnc1NN. The zero-order chi connectivity index (χ0) is 9.68. The van der Waals surface area contributed by atoms with E-state index in [1.165, 1.54) is 0 Å². The van der Waals surface area contributed by atoms with Crippen molar-refractivity contribution in [3.8, 4) is 0 Å². The summed E-state index contributed by atoms with van der Waals surface area (Å²) in [5.74, 6) is 6.08. The van der Waals surface area contributed by atoms with Crippen molar-refractivity contribution in [2.24, 2.45) is 5.84 Å². The van der Waals surface area contributed by atoms with E-state index in [2.05, 4.69) is 15.4 Å². The van der Waals surface area contributed by atoms with Crippen LogP contribution < -0.4 is 11.3 Å². The fourth-order valence-corrected chi connectivity index (χ4v) is 1.15. The first-order chi connectivity index (χ1) is 6.29. The Bertz CT molecular complexity index is 266. The molecule has 0 aliphatic carbocycles. The van der Waals surface area contributed by atoms with Crippen LogP contribution in [0.15, 0.2) is 12.4 Å². The average molecular weight is 182 g/mol. The van der Waals surface area contributed by atoms with Crippen LogP contribution in [0.3, 0.4) is 0 Å². The average Bonchev–Trinajstić information content (AvgIpc) is 2.18. The Morgan fingerprint density at radius 2 is 2.23 bits per heavy atom. The van der Waals surface area contributed by atoms with Gasteiger partial charge in [-0.25, -0.2) is 10.8 Å². The van der Waals surface area contributed by atoms with Gasteiger partial charge in [0.15, 0.2) is 5.82 Å². The van der Waals surface area contributed by atoms with Crippen LogP contribution in [-0.4, -0.2) is 23.7 Å². The second kappa shape index (κ2) is 4.74. The Labute approximate surface area is 77.3 Å². The van der Waals surface area contributed by atoms with Gasteiger partial charge in [0, 0.05) is 25.4 Å². The lowest BCUT2D eigenvalue weighted by Crippen LogP contribution is -2.15.